The molecule has 0 atom stereocenters. The number of hydrogen-bond acceptors (Lipinski definition) is 4. The van der Waals surface area contributed by atoms with Crippen molar-refractivity contribution in [3.8, 4) is 5.75 Å². The molecule has 1 aromatic heterocycles. The topological polar surface area (TPSA) is 80.6 Å². The Morgan fingerprint density at radius 2 is 1.85 bits per heavy atom. The predicted molar refractivity (Wildman–Crippen MR) is 102 cm³/mol. The molecule has 138 valence electrons. The lowest BCUT2D eigenvalue weighted by molar-refractivity contribution is 0.0949. The third-order valence-electron chi connectivity index (χ3n) is 3.83. The summed E-state index contributed by atoms with van der Waals surface area (Å²) in [6, 6.07) is 17.3. The summed E-state index contributed by atoms with van der Waals surface area (Å²) in [5, 5.41) is 5.57. The number of ether oxygens (including phenoxy) is 1. The zero-order chi connectivity index (χ0) is 19.1. The lowest BCUT2D eigenvalue weighted by Gasteiger charge is -2.12. The fourth-order valence-corrected chi connectivity index (χ4v) is 2.55. The average molecular weight is 364 g/mol. The second kappa shape index (κ2) is 8.71. The standard InChI is InChI=1S/C21H20N2O4/c1-2-26-16-8-5-7-15(13-16)20(24)23-19-11-4-3-10-18(19)21(25)22-14-17-9-6-12-27-17/h3-13H,2,14H2,1H3,(H,22,25)(H,23,24). The Bertz CT molecular complexity index is 919. The van der Waals surface area contributed by atoms with Crippen molar-refractivity contribution in [2.75, 3.05) is 11.9 Å². The van der Waals surface area contributed by atoms with Gasteiger partial charge in [-0.05, 0) is 49.4 Å². The van der Waals surface area contributed by atoms with E-state index < -0.39 is 0 Å². The third-order valence-corrected chi connectivity index (χ3v) is 3.83. The molecule has 3 aromatic rings. The Morgan fingerprint density at radius 3 is 2.63 bits per heavy atom. The number of anilines is 1. The summed E-state index contributed by atoms with van der Waals surface area (Å²) in [5.74, 6) is 0.653. The van der Waals surface area contributed by atoms with Crippen LogP contribution in [0.25, 0.3) is 0 Å². The summed E-state index contributed by atoms with van der Waals surface area (Å²) in [4.78, 5) is 25.1. The second-order valence-corrected chi connectivity index (χ2v) is 5.72. The highest BCUT2D eigenvalue weighted by Crippen LogP contribution is 2.18. The lowest BCUT2D eigenvalue weighted by Crippen LogP contribution is -2.24. The van der Waals surface area contributed by atoms with Gasteiger partial charge in [-0.15, -0.1) is 0 Å². The van der Waals surface area contributed by atoms with E-state index in [1.165, 1.54) is 0 Å². The van der Waals surface area contributed by atoms with Crippen LogP contribution >= 0.6 is 0 Å². The van der Waals surface area contributed by atoms with Gasteiger partial charge in [-0.25, -0.2) is 0 Å². The molecule has 0 aliphatic heterocycles. The molecule has 2 N–H and O–H groups in total. The van der Waals surface area contributed by atoms with Crippen LogP contribution in [0, 0.1) is 0 Å². The van der Waals surface area contributed by atoms with Gasteiger partial charge in [-0.3, -0.25) is 9.59 Å². The minimum Gasteiger partial charge on any atom is -0.494 e. The van der Waals surface area contributed by atoms with E-state index in [4.69, 9.17) is 9.15 Å². The molecule has 0 bridgehead atoms. The molecule has 0 radical (unpaired) electrons. The number of carbonyl (C=O) groups is 2. The summed E-state index contributed by atoms with van der Waals surface area (Å²) in [6.45, 7) is 2.67. The zero-order valence-corrected chi connectivity index (χ0v) is 14.9. The first-order valence-corrected chi connectivity index (χ1v) is 8.61. The molecule has 0 aliphatic rings. The SMILES string of the molecule is CCOc1cccc(C(=O)Nc2ccccc2C(=O)NCc2ccco2)c1. The first-order valence-electron chi connectivity index (χ1n) is 8.61. The van der Waals surface area contributed by atoms with Crippen molar-refractivity contribution in [2.24, 2.45) is 0 Å². The van der Waals surface area contributed by atoms with Gasteiger partial charge in [0.05, 0.1) is 30.7 Å². The van der Waals surface area contributed by atoms with Gasteiger partial charge in [0.25, 0.3) is 11.8 Å². The van der Waals surface area contributed by atoms with Gasteiger partial charge in [0, 0.05) is 5.56 Å². The summed E-state index contributed by atoms with van der Waals surface area (Å²) in [7, 11) is 0. The number of nitrogens with one attached hydrogen (secondary N) is 2. The highest BCUT2D eigenvalue weighted by molar-refractivity contribution is 6.09. The molecule has 27 heavy (non-hydrogen) atoms. The van der Waals surface area contributed by atoms with Crippen LogP contribution < -0.4 is 15.4 Å². The summed E-state index contributed by atoms with van der Waals surface area (Å²) in [5.41, 5.74) is 1.26. The fraction of sp³-hybridized carbons (Fsp3) is 0.143. The smallest absolute Gasteiger partial charge is 0.255 e. The van der Waals surface area contributed by atoms with Crippen LogP contribution in [0.5, 0.6) is 5.75 Å². The van der Waals surface area contributed by atoms with E-state index in [-0.39, 0.29) is 18.4 Å². The van der Waals surface area contributed by atoms with Crippen molar-refractivity contribution < 1.29 is 18.7 Å². The quantitative estimate of drug-likeness (QED) is 0.667. The van der Waals surface area contributed by atoms with Crippen molar-refractivity contribution in [3.05, 3.63) is 83.8 Å². The first kappa shape index (κ1) is 18.3. The zero-order valence-electron chi connectivity index (χ0n) is 14.9. The molecule has 0 aliphatic carbocycles. The Kier molecular flexibility index (Phi) is 5.89. The number of para-hydroxylation sites is 1. The molecule has 2 aromatic carbocycles. The molecule has 6 heteroatoms. The molecule has 1 heterocycles. The average Bonchev–Trinajstić information content (AvgIpc) is 3.21. The molecule has 2 amide bonds. The van der Waals surface area contributed by atoms with Crippen molar-refractivity contribution >= 4 is 17.5 Å². The van der Waals surface area contributed by atoms with E-state index in [0.717, 1.165) is 0 Å². The van der Waals surface area contributed by atoms with E-state index in [1.807, 2.05) is 6.92 Å². The summed E-state index contributed by atoms with van der Waals surface area (Å²) in [6.07, 6.45) is 1.55. The van der Waals surface area contributed by atoms with Crippen LogP contribution in [-0.2, 0) is 6.54 Å². The van der Waals surface area contributed by atoms with Crippen LogP contribution in [0.4, 0.5) is 5.69 Å². The molecular weight excluding hydrogens is 344 g/mol. The first-order chi connectivity index (χ1) is 13.2. The molecule has 0 saturated heterocycles. The highest BCUT2D eigenvalue weighted by Gasteiger charge is 2.14. The fourth-order valence-electron chi connectivity index (χ4n) is 2.55. The van der Waals surface area contributed by atoms with Gasteiger partial charge in [-0.1, -0.05) is 18.2 Å². The second-order valence-electron chi connectivity index (χ2n) is 5.72. The van der Waals surface area contributed by atoms with Gasteiger partial charge in [-0.2, -0.15) is 0 Å². The Balaban J connectivity index is 1.72. The highest BCUT2D eigenvalue weighted by atomic mass is 16.5. The maximum atomic E-state index is 12.6. The van der Waals surface area contributed by atoms with Gasteiger partial charge >= 0.3 is 0 Å². The Morgan fingerprint density at radius 1 is 1.00 bits per heavy atom. The molecule has 6 nitrogen and oxygen atoms in total. The third kappa shape index (κ3) is 4.76. The van der Waals surface area contributed by atoms with Crippen LogP contribution in [0.3, 0.4) is 0 Å². The summed E-state index contributed by atoms with van der Waals surface area (Å²) < 4.78 is 10.6. The molecule has 0 fully saturated rings. The van der Waals surface area contributed by atoms with E-state index in [0.29, 0.717) is 34.9 Å². The predicted octanol–water partition coefficient (Wildman–Crippen LogP) is 3.86. The van der Waals surface area contributed by atoms with E-state index in [9.17, 15) is 9.59 Å². The van der Waals surface area contributed by atoms with E-state index >= 15 is 0 Å². The van der Waals surface area contributed by atoms with Gasteiger partial charge in [0.2, 0.25) is 0 Å². The number of carbonyl (C=O) groups excluding carboxylic acids is 2. The number of furan rings is 1. The van der Waals surface area contributed by atoms with Crippen LogP contribution in [0.1, 0.15) is 33.4 Å². The Labute approximate surface area is 157 Å². The number of hydrogen-bond donors (Lipinski definition) is 2. The molecule has 0 unspecified atom stereocenters. The minimum atomic E-state index is -0.317. The van der Waals surface area contributed by atoms with E-state index in [2.05, 4.69) is 10.6 Å². The van der Waals surface area contributed by atoms with E-state index in [1.54, 1.807) is 66.9 Å². The van der Waals surface area contributed by atoms with Crippen LogP contribution in [0.2, 0.25) is 0 Å². The van der Waals surface area contributed by atoms with Crippen LogP contribution in [-0.4, -0.2) is 18.4 Å². The van der Waals surface area contributed by atoms with Gasteiger partial charge in [0.15, 0.2) is 0 Å². The molecule has 0 spiro atoms. The van der Waals surface area contributed by atoms with Crippen molar-refractivity contribution in [2.45, 2.75) is 13.5 Å². The number of rotatable bonds is 7. The van der Waals surface area contributed by atoms with Crippen molar-refractivity contribution in [1.82, 2.24) is 5.32 Å². The molecule has 3 rings (SSSR count). The van der Waals surface area contributed by atoms with Gasteiger partial charge < -0.3 is 19.8 Å². The van der Waals surface area contributed by atoms with Crippen LogP contribution in [0.15, 0.2) is 71.3 Å². The van der Waals surface area contributed by atoms with Gasteiger partial charge in [0.1, 0.15) is 11.5 Å². The maximum Gasteiger partial charge on any atom is 0.255 e. The Hall–Kier alpha value is -3.54. The largest absolute Gasteiger partial charge is 0.494 e. The monoisotopic (exact) mass is 364 g/mol. The normalized spacial score (nSPS) is 10.3. The molecule has 0 saturated carbocycles. The van der Waals surface area contributed by atoms with Crippen molar-refractivity contribution in [3.63, 3.8) is 0 Å². The molecular formula is C21H20N2O4. The summed E-state index contributed by atoms with van der Waals surface area (Å²) >= 11 is 0. The lowest BCUT2D eigenvalue weighted by atomic mass is 10.1. The minimum absolute atomic E-state index is 0.268. The number of benzene rings is 2. The number of amides is 2. The van der Waals surface area contributed by atoms with Crippen molar-refractivity contribution in [1.29, 1.82) is 0 Å². The maximum absolute atomic E-state index is 12.6.